The molecule has 196 valence electrons. The van der Waals surface area contributed by atoms with Crippen LogP contribution in [0.3, 0.4) is 0 Å². The van der Waals surface area contributed by atoms with Crippen LogP contribution in [0.2, 0.25) is 0 Å². The zero-order valence-corrected chi connectivity index (χ0v) is 20.9. The monoisotopic (exact) mass is 515 g/mol. The van der Waals surface area contributed by atoms with E-state index in [0.717, 1.165) is 18.4 Å². The average molecular weight is 516 g/mol. The highest BCUT2D eigenvalue weighted by molar-refractivity contribution is 5.79. The van der Waals surface area contributed by atoms with Gasteiger partial charge in [-0.25, -0.2) is 15.0 Å². The van der Waals surface area contributed by atoms with Gasteiger partial charge in [0.2, 0.25) is 5.95 Å². The third-order valence-electron chi connectivity index (χ3n) is 8.73. The van der Waals surface area contributed by atoms with Gasteiger partial charge in [0.15, 0.2) is 5.52 Å². The van der Waals surface area contributed by atoms with E-state index in [4.69, 9.17) is 9.72 Å². The van der Waals surface area contributed by atoms with E-state index < -0.39 is 17.0 Å². The van der Waals surface area contributed by atoms with Gasteiger partial charge in [0, 0.05) is 30.8 Å². The summed E-state index contributed by atoms with van der Waals surface area (Å²) in [6.45, 7) is 4.61. The van der Waals surface area contributed by atoms with Crippen LogP contribution in [0.1, 0.15) is 68.3 Å². The Bertz CT molecular complexity index is 1470. The number of aromatic nitrogens is 6. The first kappa shape index (κ1) is 23.1. The Morgan fingerprint density at radius 1 is 1.08 bits per heavy atom. The van der Waals surface area contributed by atoms with Crippen LogP contribution in [0.25, 0.3) is 11.0 Å². The Hall–Kier alpha value is -3.02. The summed E-state index contributed by atoms with van der Waals surface area (Å²) in [6.07, 6.45) is 1.39. The van der Waals surface area contributed by atoms with E-state index in [1.54, 1.807) is 14.0 Å². The molecule has 0 N–H and O–H groups in total. The maximum absolute atomic E-state index is 13.6. The lowest BCUT2D eigenvalue weighted by Crippen LogP contribution is -2.70. The van der Waals surface area contributed by atoms with E-state index in [0.29, 0.717) is 42.1 Å². The van der Waals surface area contributed by atoms with Crippen molar-refractivity contribution in [3.8, 4) is 0 Å². The van der Waals surface area contributed by atoms with Gasteiger partial charge in [0.25, 0.3) is 5.56 Å². The summed E-state index contributed by atoms with van der Waals surface area (Å²) in [7, 11) is 1.62. The second kappa shape index (κ2) is 7.30. The molecular weight excluding hydrogens is 487 g/mol. The fourth-order valence-electron chi connectivity index (χ4n) is 6.45. The summed E-state index contributed by atoms with van der Waals surface area (Å²) in [5.41, 5.74) is -0.784. The summed E-state index contributed by atoms with van der Waals surface area (Å²) in [5, 5.41) is 4.49. The Kier molecular flexibility index (Phi) is 4.56. The summed E-state index contributed by atoms with van der Waals surface area (Å²) < 4.78 is 50.5. The highest BCUT2D eigenvalue weighted by atomic mass is 19.4. The van der Waals surface area contributed by atoms with Crippen LogP contribution in [0.15, 0.2) is 17.2 Å². The summed E-state index contributed by atoms with van der Waals surface area (Å²) in [4.78, 5) is 29.3. The summed E-state index contributed by atoms with van der Waals surface area (Å²) in [6, 6.07) is 0.456. The minimum Gasteiger partial charge on any atom is -0.367 e. The van der Waals surface area contributed by atoms with Crippen LogP contribution in [0.5, 0.6) is 0 Å². The molecule has 4 aliphatic carbocycles. The smallest absolute Gasteiger partial charge is 0.367 e. The van der Waals surface area contributed by atoms with E-state index in [9.17, 15) is 18.0 Å². The number of anilines is 1. The lowest BCUT2D eigenvalue weighted by atomic mass is 9.34. The van der Waals surface area contributed by atoms with Crippen LogP contribution in [0.4, 0.5) is 19.1 Å². The average Bonchev–Trinajstić information content (AvgIpc) is 3.51. The Labute approximate surface area is 210 Å². The second-order valence-electron chi connectivity index (χ2n) is 11.5. The number of alkyl halides is 3. The molecule has 12 heteroatoms. The van der Waals surface area contributed by atoms with E-state index in [-0.39, 0.29) is 42.5 Å². The van der Waals surface area contributed by atoms with Gasteiger partial charge in [0.05, 0.1) is 36.0 Å². The largest absolute Gasteiger partial charge is 0.394 e. The third kappa shape index (κ3) is 3.30. The van der Waals surface area contributed by atoms with E-state index in [1.807, 2.05) is 28.9 Å². The molecule has 37 heavy (non-hydrogen) atoms. The molecule has 5 aliphatic rings. The highest BCUT2D eigenvalue weighted by Crippen LogP contribution is 2.78. The van der Waals surface area contributed by atoms with Gasteiger partial charge in [-0.3, -0.25) is 14.0 Å². The lowest BCUT2D eigenvalue weighted by Gasteiger charge is -2.70. The van der Waals surface area contributed by atoms with Crippen molar-refractivity contribution in [2.75, 3.05) is 18.0 Å². The molecule has 8 rings (SSSR count). The minimum absolute atomic E-state index is 0.0204. The molecule has 3 aromatic heterocycles. The highest BCUT2D eigenvalue weighted by Gasteiger charge is 2.79. The van der Waals surface area contributed by atoms with E-state index in [2.05, 4.69) is 15.1 Å². The number of ether oxygens (including phenoxy) is 1. The van der Waals surface area contributed by atoms with Gasteiger partial charge in [-0.1, -0.05) is 0 Å². The molecule has 1 saturated heterocycles. The molecule has 2 atom stereocenters. The first-order valence-electron chi connectivity index (χ1n) is 12.8. The predicted molar refractivity (Wildman–Crippen MR) is 127 cm³/mol. The molecule has 2 bridgehead atoms. The number of aryl methyl sites for hydroxylation is 1. The van der Waals surface area contributed by atoms with Crippen LogP contribution in [0, 0.1) is 12.3 Å². The predicted octanol–water partition coefficient (Wildman–Crippen LogP) is 3.51. The Morgan fingerprint density at radius 3 is 2.49 bits per heavy atom. The van der Waals surface area contributed by atoms with Crippen LogP contribution >= 0.6 is 0 Å². The first-order chi connectivity index (χ1) is 17.5. The van der Waals surface area contributed by atoms with Crippen molar-refractivity contribution in [2.24, 2.45) is 12.5 Å². The molecule has 5 fully saturated rings. The number of fused-ring (bicyclic) bond motifs is 1. The molecule has 9 nitrogen and oxygen atoms in total. The number of hydrogen-bond donors (Lipinski definition) is 0. The third-order valence-corrected chi connectivity index (χ3v) is 8.73. The number of morpholine rings is 1. The standard InChI is InChI=1S/C25H28F3N7O2/c1-13-7-34(9-17(37-13)15-6-29-35(8-15)16-4-5-16)22-31-19-18(30-14(2)33(3)21(19)36)20(32-22)23-10-24(11-23,12-23)25(26,27)28/h6,8,13,16-17H,4-5,7,9-12H2,1-3H3/t13-,17?,23?,24?/m1/s1. The number of hydrogen-bond acceptors (Lipinski definition) is 7. The van der Waals surface area contributed by atoms with E-state index in [1.165, 1.54) is 4.57 Å². The van der Waals surface area contributed by atoms with Crippen LogP contribution < -0.4 is 10.5 Å². The van der Waals surface area contributed by atoms with Crippen molar-refractivity contribution >= 4 is 17.0 Å². The van der Waals surface area contributed by atoms with Gasteiger partial charge >= 0.3 is 6.18 Å². The maximum atomic E-state index is 13.6. The fraction of sp³-hybridized carbons (Fsp3) is 0.640. The SMILES string of the molecule is Cc1nc2c(C34CC(C(F)(F)F)(C3)C4)nc(N3CC(c4cnn(C5CC5)c4)O[C@H](C)C3)nc2c(=O)n1C. The fourth-order valence-corrected chi connectivity index (χ4v) is 6.45. The molecule has 0 radical (unpaired) electrons. The van der Waals surface area contributed by atoms with Gasteiger partial charge in [-0.15, -0.1) is 0 Å². The normalized spacial score (nSPS) is 31.4. The van der Waals surface area contributed by atoms with Crippen LogP contribution in [-0.4, -0.2) is 54.7 Å². The number of nitrogens with zero attached hydrogens (tertiary/aromatic N) is 7. The molecule has 4 heterocycles. The summed E-state index contributed by atoms with van der Waals surface area (Å²) in [5.74, 6) is 0.811. The zero-order chi connectivity index (χ0) is 25.9. The maximum Gasteiger partial charge on any atom is 0.394 e. The molecule has 0 amide bonds. The Balaban J connectivity index is 1.29. The van der Waals surface area contributed by atoms with Crippen molar-refractivity contribution in [1.29, 1.82) is 0 Å². The number of halogens is 3. The van der Waals surface area contributed by atoms with Gasteiger partial charge in [-0.05, 0) is 46.0 Å². The molecular formula is C25H28F3N7O2. The van der Waals surface area contributed by atoms with Crippen molar-refractivity contribution in [2.45, 2.75) is 75.8 Å². The molecule has 1 aliphatic heterocycles. The van der Waals surface area contributed by atoms with Gasteiger partial charge in [0.1, 0.15) is 17.4 Å². The zero-order valence-electron chi connectivity index (χ0n) is 20.9. The molecule has 0 spiro atoms. The lowest BCUT2D eigenvalue weighted by molar-refractivity contribution is -0.337. The Morgan fingerprint density at radius 2 is 1.81 bits per heavy atom. The quantitative estimate of drug-likeness (QED) is 0.525. The van der Waals surface area contributed by atoms with Gasteiger partial charge < -0.3 is 9.64 Å². The van der Waals surface area contributed by atoms with Crippen molar-refractivity contribution in [1.82, 2.24) is 29.3 Å². The molecule has 4 saturated carbocycles. The van der Waals surface area contributed by atoms with Gasteiger partial charge in [-0.2, -0.15) is 18.3 Å². The minimum atomic E-state index is -4.24. The topological polar surface area (TPSA) is 91.0 Å². The molecule has 1 unspecified atom stereocenters. The number of rotatable bonds is 4. The molecule has 0 aromatic carbocycles. The summed E-state index contributed by atoms with van der Waals surface area (Å²) >= 11 is 0. The van der Waals surface area contributed by atoms with Crippen molar-refractivity contribution in [3.63, 3.8) is 0 Å². The second-order valence-corrected chi connectivity index (χ2v) is 11.5. The first-order valence-corrected chi connectivity index (χ1v) is 12.8. The van der Waals surface area contributed by atoms with Crippen molar-refractivity contribution in [3.05, 3.63) is 39.8 Å². The van der Waals surface area contributed by atoms with E-state index >= 15 is 0 Å². The van der Waals surface area contributed by atoms with Crippen molar-refractivity contribution < 1.29 is 17.9 Å². The van der Waals surface area contributed by atoms with Crippen LogP contribution in [-0.2, 0) is 17.2 Å². The molecule has 3 aromatic rings.